The zero-order valence-electron chi connectivity index (χ0n) is 11.3. The molecule has 0 unspecified atom stereocenters. The van der Waals surface area contributed by atoms with Crippen molar-refractivity contribution in [3.05, 3.63) is 48.0 Å². The molecule has 0 radical (unpaired) electrons. The summed E-state index contributed by atoms with van der Waals surface area (Å²) in [6.45, 7) is 1.89. The Balaban J connectivity index is 2.20. The molecule has 0 saturated heterocycles. The van der Waals surface area contributed by atoms with Crippen molar-refractivity contribution in [2.75, 3.05) is 0 Å². The normalized spacial score (nSPS) is 12.1. The van der Waals surface area contributed by atoms with E-state index in [2.05, 4.69) is 5.32 Å². The number of carboxylic acid groups (broad SMARTS) is 1. The van der Waals surface area contributed by atoms with Crippen LogP contribution in [-0.4, -0.2) is 23.0 Å². The minimum atomic E-state index is -0.999. The van der Waals surface area contributed by atoms with Gasteiger partial charge in [-0.15, -0.1) is 0 Å². The molecule has 2 rings (SSSR count). The van der Waals surface area contributed by atoms with Crippen molar-refractivity contribution in [3.8, 4) is 0 Å². The average Bonchev–Trinajstić information content (AvgIpc) is 2.46. The van der Waals surface area contributed by atoms with Crippen LogP contribution in [0.1, 0.15) is 30.1 Å². The van der Waals surface area contributed by atoms with Crippen LogP contribution in [0.15, 0.2) is 42.5 Å². The second-order valence-electron chi connectivity index (χ2n) is 4.71. The summed E-state index contributed by atoms with van der Waals surface area (Å²) < 4.78 is 0. The van der Waals surface area contributed by atoms with E-state index in [9.17, 15) is 9.59 Å². The molecule has 20 heavy (non-hydrogen) atoms. The van der Waals surface area contributed by atoms with E-state index in [4.69, 9.17) is 5.11 Å². The zero-order valence-corrected chi connectivity index (χ0v) is 11.3. The predicted octanol–water partition coefficient (Wildman–Crippen LogP) is 2.82. The molecule has 0 heterocycles. The lowest BCUT2D eigenvalue weighted by molar-refractivity contribution is -0.139. The number of hydrogen-bond acceptors (Lipinski definition) is 2. The summed E-state index contributed by atoms with van der Waals surface area (Å²) >= 11 is 0. The molecule has 0 aliphatic carbocycles. The fraction of sp³-hybridized carbons (Fsp3) is 0.250. The van der Waals surface area contributed by atoms with Gasteiger partial charge in [-0.2, -0.15) is 0 Å². The number of hydrogen-bond donors (Lipinski definition) is 2. The first-order valence-electron chi connectivity index (χ1n) is 6.64. The number of aliphatic carboxylic acids is 1. The lowest BCUT2D eigenvalue weighted by Crippen LogP contribution is -2.40. The van der Waals surface area contributed by atoms with Gasteiger partial charge in [-0.05, 0) is 29.3 Å². The van der Waals surface area contributed by atoms with Gasteiger partial charge < -0.3 is 10.4 Å². The van der Waals surface area contributed by atoms with E-state index in [1.165, 1.54) is 0 Å². The van der Waals surface area contributed by atoms with Crippen molar-refractivity contribution >= 4 is 22.6 Å². The van der Waals surface area contributed by atoms with Gasteiger partial charge in [-0.25, -0.2) is 4.79 Å². The Morgan fingerprint density at radius 3 is 2.50 bits per heavy atom. The molecular formula is C16H17NO3. The molecule has 0 bridgehead atoms. The molecule has 0 saturated carbocycles. The molecule has 0 aromatic heterocycles. The molecule has 0 spiro atoms. The van der Waals surface area contributed by atoms with E-state index in [1.54, 1.807) is 12.1 Å². The van der Waals surface area contributed by atoms with E-state index >= 15 is 0 Å². The summed E-state index contributed by atoms with van der Waals surface area (Å²) in [6, 6.07) is 12.2. The second kappa shape index (κ2) is 6.19. The van der Waals surface area contributed by atoms with Crippen molar-refractivity contribution in [1.29, 1.82) is 0 Å². The van der Waals surface area contributed by atoms with Crippen LogP contribution in [0.25, 0.3) is 10.8 Å². The summed E-state index contributed by atoms with van der Waals surface area (Å²) in [5.41, 5.74) is 0.478. The van der Waals surface area contributed by atoms with E-state index in [0.717, 1.165) is 10.8 Å². The second-order valence-corrected chi connectivity index (χ2v) is 4.71. The van der Waals surface area contributed by atoms with E-state index < -0.39 is 12.0 Å². The number of amides is 1. The van der Waals surface area contributed by atoms with Crippen molar-refractivity contribution in [3.63, 3.8) is 0 Å². The predicted molar refractivity (Wildman–Crippen MR) is 77.7 cm³/mol. The third kappa shape index (κ3) is 3.15. The van der Waals surface area contributed by atoms with Gasteiger partial charge in [-0.1, -0.05) is 43.7 Å². The number of fused-ring (bicyclic) bond motifs is 1. The van der Waals surface area contributed by atoms with Crippen molar-refractivity contribution in [2.45, 2.75) is 25.8 Å². The minimum Gasteiger partial charge on any atom is -0.480 e. The Morgan fingerprint density at radius 1 is 1.15 bits per heavy atom. The molecule has 1 atom stereocenters. The molecule has 2 N–H and O–H groups in total. The van der Waals surface area contributed by atoms with Crippen LogP contribution in [0, 0.1) is 0 Å². The van der Waals surface area contributed by atoms with Gasteiger partial charge in [0.05, 0.1) is 0 Å². The van der Waals surface area contributed by atoms with Gasteiger partial charge in [0.2, 0.25) is 0 Å². The Bertz CT molecular complexity index is 636. The molecule has 1 amide bonds. The van der Waals surface area contributed by atoms with Gasteiger partial charge in [0.1, 0.15) is 6.04 Å². The smallest absolute Gasteiger partial charge is 0.326 e. The Kier molecular flexibility index (Phi) is 4.35. The van der Waals surface area contributed by atoms with Crippen LogP contribution in [0.3, 0.4) is 0 Å². The lowest BCUT2D eigenvalue weighted by Gasteiger charge is -2.13. The molecule has 2 aromatic carbocycles. The van der Waals surface area contributed by atoms with Crippen LogP contribution in [-0.2, 0) is 4.79 Å². The highest BCUT2D eigenvalue weighted by atomic mass is 16.4. The van der Waals surface area contributed by atoms with E-state index in [1.807, 2.05) is 37.3 Å². The Labute approximate surface area is 117 Å². The maximum atomic E-state index is 12.1. The fourth-order valence-electron chi connectivity index (χ4n) is 2.12. The summed E-state index contributed by atoms with van der Waals surface area (Å²) in [5.74, 6) is -1.35. The quantitative estimate of drug-likeness (QED) is 0.878. The third-order valence-corrected chi connectivity index (χ3v) is 3.19. The third-order valence-electron chi connectivity index (χ3n) is 3.19. The average molecular weight is 271 g/mol. The van der Waals surface area contributed by atoms with Gasteiger partial charge in [0, 0.05) is 5.56 Å². The summed E-state index contributed by atoms with van der Waals surface area (Å²) in [4.78, 5) is 23.2. The van der Waals surface area contributed by atoms with E-state index in [0.29, 0.717) is 18.4 Å². The summed E-state index contributed by atoms with van der Waals surface area (Å²) in [5, 5.41) is 13.6. The van der Waals surface area contributed by atoms with Crippen LogP contribution in [0.4, 0.5) is 0 Å². The Hall–Kier alpha value is -2.36. The fourth-order valence-corrected chi connectivity index (χ4v) is 2.12. The highest BCUT2D eigenvalue weighted by molar-refractivity contribution is 6.00. The van der Waals surface area contributed by atoms with Gasteiger partial charge >= 0.3 is 5.97 Å². The lowest BCUT2D eigenvalue weighted by atomic mass is 10.1. The molecule has 0 aliphatic heterocycles. The monoisotopic (exact) mass is 271 g/mol. The number of carbonyl (C=O) groups excluding carboxylic acids is 1. The maximum absolute atomic E-state index is 12.1. The van der Waals surface area contributed by atoms with Gasteiger partial charge in [0.15, 0.2) is 0 Å². The topological polar surface area (TPSA) is 66.4 Å². The largest absolute Gasteiger partial charge is 0.480 e. The number of rotatable bonds is 5. The Morgan fingerprint density at radius 2 is 1.85 bits per heavy atom. The van der Waals surface area contributed by atoms with Crippen LogP contribution < -0.4 is 5.32 Å². The van der Waals surface area contributed by atoms with Gasteiger partial charge in [-0.3, -0.25) is 4.79 Å². The first kappa shape index (κ1) is 14.1. The highest BCUT2D eigenvalue weighted by Gasteiger charge is 2.19. The molecular weight excluding hydrogens is 254 g/mol. The number of carbonyl (C=O) groups is 2. The maximum Gasteiger partial charge on any atom is 0.326 e. The summed E-state index contributed by atoms with van der Waals surface area (Å²) in [7, 11) is 0. The first-order chi connectivity index (χ1) is 9.61. The SMILES string of the molecule is CCC[C@@H](NC(=O)c1ccc2ccccc2c1)C(=O)O. The number of nitrogens with one attached hydrogen (secondary N) is 1. The van der Waals surface area contributed by atoms with Crippen LogP contribution in [0.2, 0.25) is 0 Å². The van der Waals surface area contributed by atoms with Crippen molar-refractivity contribution in [2.24, 2.45) is 0 Å². The zero-order chi connectivity index (χ0) is 14.5. The van der Waals surface area contributed by atoms with Crippen molar-refractivity contribution < 1.29 is 14.7 Å². The highest BCUT2D eigenvalue weighted by Crippen LogP contribution is 2.15. The van der Waals surface area contributed by atoms with Gasteiger partial charge in [0.25, 0.3) is 5.91 Å². The molecule has 104 valence electrons. The molecule has 4 nitrogen and oxygen atoms in total. The number of carboxylic acids is 1. The first-order valence-corrected chi connectivity index (χ1v) is 6.64. The molecule has 0 aliphatic rings. The molecule has 2 aromatic rings. The molecule has 4 heteroatoms. The van der Waals surface area contributed by atoms with Crippen molar-refractivity contribution in [1.82, 2.24) is 5.32 Å². The minimum absolute atomic E-state index is 0.350. The van der Waals surface area contributed by atoms with E-state index in [-0.39, 0.29) is 5.91 Å². The standard InChI is InChI=1S/C16H17NO3/c1-2-5-14(16(19)20)17-15(18)13-9-8-11-6-3-4-7-12(11)10-13/h3-4,6-10,14H,2,5H2,1H3,(H,17,18)(H,19,20)/t14-/m1/s1. The number of benzene rings is 2. The summed E-state index contributed by atoms with van der Waals surface area (Å²) in [6.07, 6.45) is 1.13. The van der Waals surface area contributed by atoms with Crippen LogP contribution >= 0.6 is 0 Å². The van der Waals surface area contributed by atoms with Crippen LogP contribution in [0.5, 0.6) is 0 Å². The molecule has 0 fully saturated rings.